The van der Waals surface area contributed by atoms with Gasteiger partial charge in [-0.15, -0.1) is 22.1 Å². The van der Waals surface area contributed by atoms with Crippen LogP contribution in [0.25, 0.3) is 90.9 Å². The molecule has 8 bridgehead atoms. The quantitative estimate of drug-likeness (QED) is 0.0183. The number of likely N-dealkylation sites (N-methyl/N-ethyl adjacent to an activating group) is 4. The van der Waals surface area contributed by atoms with E-state index in [0.717, 1.165) is 52.4 Å². The van der Waals surface area contributed by atoms with Crippen LogP contribution in [0.2, 0.25) is 0 Å². The Balaban J connectivity index is 0.00000417. The summed E-state index contributed by atoms with van der Waals surface area (Å²) < 4.78 is 121. The molecular formula is C68H88Cl5FeN12O8S4. The largest absolute Gasteiger partial charge is 3.00 e. The summed E-state index contributed by atoms with van der Waals surface area (Å²) in [6.45, 7) is 27.1. The topological polar surface area (TPSA) is 256 Å². The van der Waals surface area contributed by atoms with Gasteiger partial charge in [0.2, 0.25) is 40.1 Å². The molecule has 2 aliphatic rings. The molecule has 0 aliphatic carbocycles. The van der Waals surface area contributed by atoms with Gasteiger partial charge in [-0.25, -0.2) is 62.5 Å². The fourth-order valence-corrected chi connectivity index (χ4v) is 15.8. The number of benzene rings is 4. The number of hydrogen-bond donors (Lipinski definition) is 8. The Bertz CT molecular complexity index is 4250. The third-order valence-electron chi connectivity index (χ3n) is 17.5. The molecule has 0 atom stereocenters. The number of nitrogens with zero attached hydrogens (tertiary/aromatic N) is 4. The molecule has 98 heavy (non-hydrogen) atoms. The van der Waals surface area contributed by atoms with E-state index in [-0.39, 0.29) is 125 Å². The molecule has 8 N–H and O–H groups in total. The van der Waals surface area contributed by atoms with Gasteiger partial charge in [-0.05, 0) is 167 Å². The maximum Gasteiger partial charge on any atom is 3.00 e. The van der Waals surface area contributed by atoms with Crippen molar-refractivity contribution in [3.63, 3.8) is 0 Å². The van der Waals surface area contributed by atoms with Crippen LogP contribution < -0.4 is 110 Å². The van der Waals surface area contributed by atoms with Crippen molar-refractivity contribution in [3.8, 4) is 44.5 Å². The van der Waals surface area contributed by atoms with Crippen molar-refractivity contribution in [3.05, 3.63) is 144 Å². The van der Waals surface area contributed by atoms with Gasteiger partial charge in [0, 0.05) is 5.56 Å². The summed E-state index contributed by atoms with van der Waals surface area (Å²) in [5.74, 6) is 0. The standard InChI is InChI=1S/C68H84N12O8S4.5ClH.Fe/c1-9-77(10-2)45-41-69-89(81,82)53-25-17-49(18-26-53)65-57-33-35-59(73-57)66(50-19-27-54(28-20-50)90(83,84)70-42-46-78(11-3)12-4)61-37-39-63(75-61)68(52-23-31-56(32-24-52)92(87,88)72-44-48-80(15-7)16-8)64-40-38-62(76-64)67(60-36-34-58(65)74-60)51-21-29-55(30-22-51)91(85,86)71-43-47-79(13-5)14-6;;;;;;/h17-40,69-72H,9-16,41-48H2,1-8H3;5*1H;/q-2;;;;;;+3/p-1. The van der Waals surface area contributed by atoms with Crippen LogP contribution in [0.1, 0.15) is 78.2 Å². The van der Waals surface area contributed by atoms with Gasteiger partial charge >= 0.3 is 17.1 Å². The smallest absolute Gasteiger partial charge is 1.00 e. The fourth-order valence-electron chi connectivity index (χ4n) is 11.7. The molecule has 535 valence electrons. The van der Waals surface area contributed by atoms with Crippen LogP contribution in [-0.4, -0.2) is 148 Å². The van der Waals surface area contributed by atoms with Gasteiger partial charge in [-0.2, -0.15) is 0 Å². The van der Waals surface area contributed by atoms with Crippen LogP contribution in [0.15, 0.2) is 141 Å². The molecule has 0 amide bonds. The van der Waals surface area contributed by atoms with E-state index in [0.29, 0.717) is 116 Å². The minimum Gasteiger partial charge on any atom is -1.00 e. The number of fused-ring (bicyclic) bond motifs is 8. The first-order valence-electron chi connectivity index (χ1n) is 32.0. The van der Waals surface area contributed by atoms with Crippen molar-refractivity contribution in [1.29, 1.82) is 0 Å². The average Bonchev–Trinajstić information content (AvgIpc) is 1.60. The van der Waals surface area contributed by atoms with E-state index in [1.54, 1.807) is 97.1 Å². The zero-order chi connectivity index (χ0) is 65.8. The zero-order valence-electron chi connectivity index (χ0n) is 56.1. The number of nitrogens with one attached hydrogen (secondary N) is 8. The first-order chi connectivity index (χ1) is 44.2. The summed E-state index contributed by atoms with van der Waals surface area (Å²) in [6.07, 6.45) is 7.45. The van der Waals surface area contributed by atoms with Crippen LogP contribution in [-0.2, 0) is 57.2 Å². The number of aromatic nitrogens is 4. The monoisotopic (exact) mass is 1560 g/mol. The van der Waals surface area contributed by atoms with Gasteiger partial charge < -0.3 is 91.6 Å². The number of halogens is 5. The van der Waals surface area contributed by atoms with E-state index in [2.05, 4.69) is 74.3 Å². The summed E-state index contributed by atoms with van der Waals surface area (Å²) >= 11 is 0. The second-order valence-electron chi connectivity index (χ2n) is 22.9. The first kappa shape index (κ1) is 87.1. The molecule has 2 aliphatic heterocycles. The van der Waals surface area contributed by atoms with E-state index >= 15 is 0 Å². The Morgan fingerprint density at radius 2 is 0.490 bits per heavy atom. The molecule has 0 fully saturated rings. The molecule has 4 aromatic carbocycles. The predicted molar refractivity (Wildman–Crippen MR) is 367 cm³/mol. The van der Waals surface area contributed by atoms with Gasteiger partial charge in [0.15, 0.2) is 0 Å². The van der Waals surface area contributed by atoms with E-state index in [4.69, 9.17) is 19.9 Å². The van der Waals surface area contributed by atoms with E-state index < -0.39 is 40.1 Å². The predicted octanol–water partition coefficient (Wildman–Crippen LogP) is -11.6. The molecule has 0 saturated carbocycles. The van der Waals surface area contributed by atoms with Crippen molar-refractivity contribution < 1.29 is 132 Å². The second kappa shape index (κ2) is 39.4. The van der Waals surface area contributed by atoms with E-state index in [1.165, 1.54) is 19.6 Å². The van der Waals surface area contributed by atoms with Gasteiger partial charge in [-0.3, -0.25) is 0 Å². The normalized spacial score (nSPS) is 12.2. The number of quaternary nitrogens is 4. The second-order valence-corrected chi connectivity index (χ2v) is 29.9. The summed E-state index contributed by atoms with van der Waals surface area (Å²) in [5.41, 5.74) is 8.64. The molecule has 0 saturated heterocycles. The number of hydrogen-bond acceptors (Lipinski definition) is 10. The maximum absolute atomic E-state index is 13.8. The molecule has 5 heterocycles. The van der Waals surface area contributed by atoms with Crippen LogP contribution in [0.5, 0.6) is 0 Å². The van der Waals surface area contributed by atoms with Crippen LogP contribution in [0.3, 0.4) is 0 Å². The van der Waals surface area contributed by atoms with Crippen molar-refractivity contribution >= 4 is 86.5 Å². The molecule has 9 rings (SSSR count). The van der Waals surface area contributed by atoms with Crippen molar-refractivity contribution in [2.75, 3.05) is 105 Å². The van der Waals surface area contributed by atoms with Gasteiger partial charge in [0.1, 0.15) is 0 Å². The average molecular weight is 1560 g/mol. The van der Waals surface area contributed by atoms with Crippen molar-refractivity contribution in [2.24, 2.45) is 0 Å². The van der Waals surface area contributed by atoms with Crippen LogP contribution >= 0.6 is 0 Å². The molecule has 7 aromatic rings. The van der Waals surface area contributed by atoms with Crippen molar-refractivity contribution in [1.82, 2.24) is 38.8 Å². The minimum absolute atomic E-state index is 0. The van der Waals surface area contributed by atoms with Crippen molar-refractivity contribution in [2.45, 2.75) is 75.0 Å². The Morgan fingerprint density at radius 3 is 0.714 bits per heavy atom. The fraction of sp³-hybridized carbons (Fsp3) is 0.353. The van der Waals surface area contributed by atoms with Gasteiger partial charge in [0.05, 0.1) is 147 Å². The molecule has 0 spiro atoms. The zero-order valence-corrected chi connectivity index (χ0v) is 64.3. The third kappa shape index (κ3) is 21.0. The SMILES string of the molecule is CC[NH+](CC)CCNS(=O)(=O)c1ccc(-c2c3nc(c(-c4ccc(S(=O)(=O)NCC[NH+](CC)CC)cc4)c4ccc([n-]4)c(-c4ccc(S(=O)(=O)NCC[NH+](CC)CC)cc4)c4ccc([n-]4)c(-c4ccc(S(=O)(=O)NCC[NH+](CC)CC)cc4)c4nc2C=C4)C=C3)cc1.[Cl-].[Cl-].[Cl-].[Cl-].[Cl-].[Fe+3]. The Hall–Kier alpha value is -5.07. The number of sulfonamides is 4. The Morgan fingerprint density at radius 1 is 0.296 bits per heavy atom. The van der Waals surface area contributed by atoms with E-state index in [9.17, 15) is 33.7 Å². The Kier molecular flexibility index (Phi) is 35.0. The molecule has 1 radical (unpaired) electrons. The summed E-state index contributed by atoms with van der Waals surface area (Å²) in [7, 11) is -15.6. The van der Waals surface area contributed by atoms with Crippen LogP contribution in [0, 0.1) is 0 Å². The Labute approximate surface area is 620 Å². The molecule has 3 aromatic heterocycles. The molecule has 0 unspecified atom stereocenters. The maximum atomic E-state index is 13.8. The molecular weight excluding hydrogens is 1470 g/mol. The third-order valence-corrected chi connectivity index (χ3v) is 23.4. The summed E-state index contributed by atoms with van der Waals surface area (Å²) in [4.78, 5) is 26.8. The molecule has 30 heteroatoms. The number of rotatable bonds is 32. The van der Waals surface area contributed by atoms with Gasteiger partial charge in [0.25, 0.3) is 0 Å². The van der Waals surface area contributed by atoms with Crippen LogP contribution in [0.4, 0.5) is 0 Å². The van der Waals surface area contributed by atoms with Gasteiger partial charge in [-0.1, -0.05) is 72.8 Å². The molecule has 20 nitrogen and oxygen atoms in total. The summed E-state index contributed by atoms with van der Waals surface area (Å²) in [5, 5.41) is 0. The summed E-state index contributed by atoms with van der Waals surface area (Å²) in [6, 6.07) is 33.9. The first-order valence-corrected chi connectivity index (χ1v) is 37.9. The minimum atomic E-state index is -3.89. The van der Waals surface area contributed by atoms with E-state index in [1.807, 2.05) is 48.6 Å².